The van der Waals surface area contributed by atoms with E-state index in [1.807, 2.05) is 0 Å². The van der Waals surface area contributed by atoms with Crippen LogP contribution in [0.2, 0.25) is 0 Å². The molecule has 20 heavy (non-hydrogen) atoms. The third kappa shape index (κ3) is 2.75. The van der Waals surface area contributed by atoms with Crippen LogP contribution in [0.15, 0.2) is 23.2 Å². The molecule has 3 nitrogen and oxygen atoms in total. The largest absolute Gasteiger partial charge is 0.417 e. The summed E-state index contributed by atoms with van der Waals surface area (Å²) in [5.74, 6) is -1.50. The number of hydrogen-bond donors (Lipinski definition) is 0. The molecule has 2 rings (SSSR count). The molecular formula is C11H5F6NO2. The fourth-order valence-corrected chi connectivity index (χ4v) is 1.59. The van der Waals surface area contributed by atoms with Gasteiger partial charge in [0.2, 0.25) is 5.90 Å². The molecule has 1 heterocycles. The molecule has 108 valence electrons. The number of aliphatic imine (C=N–C) groups is 1. The van der Waals surface area contributed by atoms with Crippen LogP contribution >= 0.6 is 0 Å². The summed E-state index contributed by atoms with van der Waals surface area (Å²) < 4.78 is 80.2. The summed E-state index contributed by atoms with van der Waals surface area (Å²) >= 11 is 0. The van der Waals surface area contributed by atoms with Gasteiger partial charge in [-0.05, 0) is 18.2 Å². The van der Waals surface area contributed by atoms with Crippen molar-refractivity contribution in [1.82, 2.24) is 0 Å². The lowest BCUT2D eigenvalue weighted by molar-refractivity contribution is -0.143. The molecule has 9 heteroatoms. The van der Waals surface area contributed by atoms with Crippen molar-refractivity contribution in [3.8, 4) is 0 Å². The first kappa shape index (κ1) is 14.4. The fraction of sp³-hybridized carbons (Fsp3) is 0.273. The molecule has 0 unspecified atom stereocenters. The summed E-state index contributed by atoms with van der Waals surface area (Å²) in [6.07, 6.45) is -9.94. The first-order chi connectivity index (χ1) is 9.09. The van der Waals surface area contributed by atoms with Gasteiger partial charge in [-0.25, -0.2) is 9.79 Å². The minimum Gasteiger partial charge on any atom is -0.406 e. The smallest absolute Gasteiger partial charge is 0.406 e. The van der Waals surface area contributed by atoms with E-state index >= 15 is 0 Å². The quantitative estimate of drug-likeness (QED) is 0.590. The molecular weight excluding hydrogens is 292 g/mol. The molecule has 1 aliphatic rings. The topological polar surface area (TPSA) is 38.7 Å². The normalized spacial score (nSPS) is 16.1. The molecule has 1 aliphatic heterocycles. The molecule has 0 bridgehead atoms. The van der Waals surface area contributed by atoms with E-state index in [4.69, 9.17) is 0 Å². The Labute approximate surface area is 107 Å². The van der Waals surface area contributed by atoms with Crippen LogP contribution in [0.3, 0.4) is 0 Å². The van der Waals surface area contributed by atoms with Gasteiger partial charge in [-0.3, -0.25) is 0 Å². The van der Waals surface area contributed by atoms with E-state index in [-0.39, 0.29) is 6.07 Å². The molecule has 0 fully saturated rings. The average Bonchev–Trinajstić information content (AvgIpc) is 2.72. The molecule has 0 spiro atoms. The van der Waals surface area contributed by atoms with Crippen LogP contribution in [0.5, 0.6) is 0 Å². The standard InChI is InChI=1S/C11H5F6NO2/c12-10(13,14)5-1-2-6(7(3-5)11(15,16)17)9-18-4-8(19)20-9/h1-3H,4H2. The van der Waals surface area contributed by atoms with Gasteiger partial charge >= 0.3 is 18.3 Å². The van der Waals surface area contributed by atoms with Crippen molar-refractivity contribution in [2.75, 3.05) is 6.54 Å². The van der Waals surface area contributed by atoms with Gasteiger partial charge in [-0.15, -0.1) is 0 Å². The van der Waals surface area contributed by atoms with Crippen LogP contribution in [0, 0.1) is 0 Å². The van der Waals surface area contributed by atoms with Gasteiger partial charge in [-0.1, -0.05) is 0 Å². The van der Waals surface area contributed by atoms with Crippen molar-refractivity contribution in [3.05, 3.63) is 34.9 Å². The maximum absolute atomic E-state index is 12.8. The highest BCUT2D eigenvalue weighted by Gasteiger charge is 2.40. The van der Waals surface area contributed by atoms with Crippen LogP contribution in [0.4, 0.5) is 26.3 Å². The number of benzene rings is 1. The third-order valence-electron chi connectivity index (χ3n) is 2.44. The summed E-state index contributed by atoms with van der Waals surface area (Å²) in [5, 5.41) is 0. The number of halogens is 6. The Balaban J connectivity index is 2.55. The summed E-state index contributed by atoms with van der Waals surface area (Å²) in [7, 11) is 0. The van der Waals surface area contributed by atoms with E-state index in [1.165, 1.54) is 0 Å². The van der Waals surface area contributed by atoms with E-state index in [2.05, 4.69) is 9.73 Å². The van der Waals surface area contributed by atoms with Gasteiger partial charge in [-0.2, -0.15) is 26.3 Å². The van der Waals surface area contributed by atoms with Crippen LogP contribution in [0.1, 0.15) is 16.7 Å². The van der Waals surface area contributed by atoms with Gasteiger partial charge in [0.1, 0.15) is 6.54 Å². The van der Waals surface area contributed by atoms with Crippen molar-refractivity contribution in [2.45, 2.75) is 12.4 Å². The summed E-state index contributed by atoms with van der Waals surface area (Å²) in [6.45, 7) is -0.465. The lowest BCUT2D eigenvalue weighted by atomic mass is 10.0. The third-order valence-corrected chi connectivity index (χ3v) is 2.44. The molecule has 0 amide bonds. The number of cyclic esters (lactones) is 1. The number of rotatable bonds is 1. The Morgan fingerprint density at radius 2 is 1.70 bits per heavy atom. The van der Waals surface area contributed by atoms with Gasteiger partial charge in [0.25, 0.3) is 0 Å². The lowest BCUT2D eigenvalue weighted by Crippen LogP contribution is -2.17. The number of ether oxygens (including phenoxy) is 1. The van der Waals surface area contributed by atoms with Crippen LogP contribution in [0.25, 0.3) is 0 Å². The Hall–Kier alpha value is -2.06. The first-order valence-corrected chi connectivity index (χ1v) is 5.13. The SMILES string of the molecule is O=C1CN=C(c2ccc(C(F)(F)F)cc2C(F)(F)F)O1. The van der Waals surface area contributed by atoms with Gasteiger partial charge < -0.3 is 4.74 Å². The van der Waals surface area contributed by atoms with Crippen molar-refractivity contribution < 1.29 is 35.9 Å². The van der Waals surface area contributed by atoms with Crippen LogP contribution < -0.4 is 0 Å². The number of nitrogens with zero attached hydrogens (tertiary/aromatic N) is 1. The number of alkyl halides is 6. The van der Waals surface area contributed by atoms with Gasteiger partial charge in [0.05, 0.1) is 11.1 Å². The second kappa shape index (κ2) is 4.50. The molecule has 1 aromatic carbocycles. The highest BCUT2D eigenvalue weighted by Crippen LogP contribution is 2.37. The lowest BCUT2D eigenvalue weighted by Gasteiger charge is -2.15. The number of hydrogen-bond acceptors (Lipinski definition) is 3. The predicted octanol–water partition coefficient (Wildman–Crippen LogP) is 3.03. The second-order valence-electron chi connectivity index (χ2n) is 3.85. The molecule has 0 saturated carbocycles. The van der Waals surface area contributed by atoms with Crippen LogP contribution in [-0.4, -0.2) is 18.4 Å². The van der Waals surface area contributed by atoms with Crippen molar-refractivity contribution in [1.29, 1.82) is 0 Å². The summed E-state index contributed by atoms with van der Waals surface area (Å²) in [6, 6.07) is 1.02. The summed E-state index contributed by atoms with van der Waals surface area (Å²) in [5.41, 5.74) is -3.70. The second-order valence-corrected chi connectivity index (χ2v) is 3.85. The first-order valence-electron chi connectivity index (χ1n) is 5.13. The Morgan fingerprint density at radius 3 is 2.15 bits per heavy atom. The molecule has 0 atom stereocenters. The number of carbonyl (C=O) groups excluding carboxylic acids is 1. The van der Waals surface area contributed by atoms with Crippen molar-refractivity contribution in [2.24, 2.45) is 4.99 Å². The highest BCUT2D eigenvalue weighted by molar-refractivity contribution is 6.05. The zero-order valence-electron chi connectivity index (χ0n) is 9.47. The summed E-state index contributed by atoms with van der Waals surface area (Å²) in [4.78, 5) is 14.2. The average molecular weight is 297 g/mol. The van der Waals surface area contributed by atoms with Gasteiger partial charge in [0.15, 0.2) is 0 Å². The maximum atomic E-state index is 12.8. The Kier molecular flexibility index (Phi) is 3.23. The van der Waals surface area contributed by atoms with Gasteiger partial charge in [0, 0.05) is 5.56 Å². The Bertz CT molecular complexity index is 588. The molecule has 0 radical (unpaired) electrons. The van der Waals surface area contributed by atoms with E-state index < -0.39 is 47.5 Å². The highest BCUT2D eigenvalue weighted by atomic mass is 19.4. The zero-order valence-corrected chi connectivity index (χ0v) is 9.47. The monoisotopic (exact) mass is 297 g/mol. The fourth-order valence-electron chi connectivity index (χ4n) is 1.59. The van der Waals surface area contributed by atoms with Crippen molar-refractivity contribution >= 4 is 11.9 Å². The van der Waals surface area contributed by atoms with E-state index in [0.29, 0.717) is 12.1 Å². The van der Waals surface area contributed by atoms with E-state index in [1.54, 1.807) is 0 Å². The number of esters is 1. The van der Waals surface area contributed by atoms with E-state index in [9.17, 15) is 31.1 Å². The molecule has 0 aromatic heterocycles. The van der Waals surface area contributed by atoms with Crippen LogP contribution in [-0.2, 0) is 21.9 Å². The Morgan fingerprint density at radius 1 is 1.05 bits per heavy atom. The predicted molar refractivity (Wildman–Crippen MR) is 53.9 cm³/mol. The minimum atomic E-state index is -5.03. The van der Waals surface area contributed by atoms with Crippen molar-refractivity contribution in [3.63, 3.8) is 0 Å². The minimum absolute atomic E-state index is 0.0377. The number of carbonyl (C=O) groups is 1. The zero-order chi connectivity index (χ0) is 15.1. The molecule has 0 N–H and O–H groups in total. The molecule has 1 aromatic rings. The van der Waals surface area contributed by atoms with E-state index in [0.717, 1.165) is 0 Å². The molecule has 0 aliphatic carbocycles. The molecule has 0 saturated heterocycles. The maximum Gasteiger partial charge on any atom is 0.417 e.